The lowest BCUT2D eigenvalue weighted by Gasteiger charge is -2.05. The fraction of sp³-hybridized carbons (Fsp3) is 0.250. The molecular weight excluding hydrogens is 237 g/mol. The van der Waals surface area contributed by atoms with Crippen molar-refractivity contribution >= 4 is 5.78 Å². The van der Waals surface area contributed by atoms with E-state index >= 15 is 0 Å². The van der Waals surface area contributed by atoms with E-state index < -0.39 is 0 Å². The van der Waals surface area contributed by atoms with Gasteiger partial charge in [0, 0.05) is 5.92 Å². The highest BCUT2D eigenvalue weighted by Crippen LogP contribution is 2.23. The van der Waals surface area contributed by atoms with Crippen molar-refractivity contribution in [3.63, 3.8) is 0 Å². The van der Waals surface area contributed by atoms with Crippen molar-refractivity contribution in [1.82, 2.24) is 15.4 Å². The molecule has 1 aromatic carbocycles. The maximum atomic E-state index is 12.7. The molecule has 0 saturated heterocycles. The van der Waals surface area contributed by atoms with Crippen LogP contribution in [0.15, 0.2) is 24.3 Å². The van der Waals surface area contributed by atoms with E-state index in [-0.39, 0.29) is 29.1 Å². The summed E-state index contributed by atoms with van der Waals surface area (Å²) in [7, 11) is 0. The maximum Gasteiger partial charge on any atom is 0.269 e. The lowest BCUT2D eigenvalue weighted by molar-refractivity contribution is 0.0932. The Bertz CT molecular complexity index is 549. The van der Waals surface area contributed by atoms with Gasteiger partial charge in [0.15, 0.2) is 11.5 Å². The van der Waals surface area contributed by atoms with Gasteiger partial charge in [0.2, 0.25) is 0 Å². The van der Waals surface area contributed by atoms with Crippen LogP contribution in [0, 0.1) is 11.7 Å². The third-order valence-corrected chi connectivity index (χ3v) is 2.32. The molecule has 0 amide bonds. The molecule has 1 N–H and O–H groups in total. The van der Waals surface area contributed by atoms with Crippen LogP contribution in [-0.4, -0.2) is 21.2 Å². The quantitative estimate of drug-likeness (QED) is 0.845. The molecule has 5 nitrogen and oxygen atoms in total. The molecule has 0 fully saturated rings. The smallest absolute Gasteiger partial charge is 0.269 e. The highest BCUT2D eigenvalue weighted by molar-refractivity contribution is 5.97. The van der Waals surface area contributed by atoms with Crippen molar-refractivity contribution in [3.05, 3.63) is 35.8 Å². The van der Waals surface area contributed by atoms with Crippen LogP contribution < -0.4 is 4.74 Å². The molecule has 6 heteroatoms. The Morgan fingerprint density at radius 1 is 1.33 bits per heavy atom. The van der Waals surface area contributed by atoms with E-state index in [0.717, 1.165) is 0 Å². The molecule has 2 aromatic rings. The van der Waals surface area contributed by atoms with Gasteiger partial charge in [-0.1, -0.05) is 24.2 Å². The summed E-state index contributed by atoms with van der Waals surface area (Å²) in [6.07, 6.45) is 0. The summed E-state index contributed by atoms with van der Waals surface area (Å²) in [5.74, 6) is -0.204. The summed E-state index contributed by atoms with van der Waals surface area (Å²) >= 11 is 0. The Labute approximate surface area is 103 Å². The van der Waals surface area contributed by atoms with Crippen LogP contribution in [0.2, 0.25) is 0 Å². The third kappa shape index (κ3) is 2.53. The molecule has 0 atom stereocenters. The van der Waals surface area contributed by atoms with E-state index in [1.165, 1.54) is 24.3 Å². The minimum Gasteiger partial charge on any atom is -0.436 e. The molecule has 0 saturated carbocycles. The number of nitrogens with zero attached hydrogens (tertiary/aromatic N) is 2. The lowest BCUT2D eigenvalue weighted by Crippen LogP contribution is -2.09. The number of Topliss-reactive ketones (excluding diaryl/α,β-unsaturated/α-hetero) is 1. The number of benzene rings is 1. The van der Waals surface area contributed by atoms with Gasteiger partial charge in [0.25, 0.3) is 5.88 Å². The highest BCUT2D eigenvalue weighted by atomic mass is 19.1. The monoisotopic (exact) mass is 249 g/mol. The van der Waals surface area contributed by atoms with Crippen LogP contribution >= 0.6 is 0 Å². The molecule has 0 aliphatic rings. The van der Waals surface area contributed by atoms with Gasteiger partial charge in [-0.25, -0.2) is 4.39 Å². The van der Waals surface area contributed by atoms with Gasteiger partial charge in [-0.05, 0) is 24.3 Å². The number of hydrogen-bond donors (Lipinski definition) is 1. The Morgan fingerprint density at radius 2 is 2.00 bits per heavy atom. The van der Waals surface area contributed by atoms with Gasteiger partial charge >= 0.3 is 0 Å². The molecule has 2 rings (SSSR count). The van der Waals surface area contributed by atoms with Crippen LogP contribution in [0.3, 0.4) is 0 Å². The van der Waals surface area contributed by atoms with E-state index in [2.05, 4.69) is 15.4 Å². The van der Waals surface area contributed by atoms with Crippen molar-refractivity contribution < 1.29 is 13.9 Å². The summed E-state index contributed by atoms with van der Waals surface area (Å²) in [5.41, 5.74) is 0.217. The number of ether oxygens (including phenoxy) is 1. The number of carbonyl (C=O) groups excluding carboxylic acids is 1. The van der Waals surface area contributed by atoms with Crippen molar-refractivity contribution in [2.75, 3.05) is 0 Å². The van der Waals surface area contributed by atoms with E-state index in [4.69, 9.17) is 4.74 Å². The van der Waals surface area contributed by atoms with Crippen molar-refractivity contribution in [3.8, 4) is 11.6 Å². The number of hydrogen-bond acceptors (Lipinski definition) is 4. The number of carbonyl (C=O) groups is 1. The molecule has 1 aromatic heterocycles. The maximum absolute atomic E-state index is 12.7. The molecule has 0 radical (unpaired) electrons. The molecule has 0 unspecified atom stereocenters. The number of aromatic amines is 1. The minimum absolute atomic E-state index is 0.0975. The van der Waals surface area contributed by atoms with E-state index in [9.17, 15) is 9.18 Å². The second-order valence-electron chi connectivity index (χ2n) is 4.07. The summed E-state index contributed by atoms with van der Waals surface area (Å²) in [6.45, 7) is 3.54. The SMILES string of the molecule is CC(C)C(=O)c1[nH]nnc1Oc1ccc(F)cc1. The van der Waals surface area contributed by atoms with Gasteiger partial charge in [-0.2, -0.15) is 0 Å². The first-order valence-electron chi connectivity index (χ1n) is 5.46. The summed E-state index contributed by atoms with van der Waals surface area (Å²) in [6, 6.07) is 5.43. The van der Waals surface area contributed by atoms with E-state index in [0.29, 0.717) is 5.75 Å². The van der Waals surface area contributed by atoms with Crippen LogP contribution in [0.25, 0.3) is 0 Å². The first-order valence-corrected chi connectivity index (χ1v) is 5.46. The predicted octanol–water partition coefficient (Wildman–Crippen LogP) is 2.57. The average molecular weight is 249 g/mol. The van der Waals surface area contributed by atoms with Crippen molar-refractivity contribution in [2.24, 2.45) is 5.92 Å². The lowest BCUT2D eigenvalue weighted by atomic mass is 10.1. The normalized spacial score (nSPS) is 10.7. The van der Waals surface area contributed by atoms with Crippen molar-refractivity contribution in [1.29, 1.82) is 0 Å². The van der Waals surface area contributed by atoms with Gasteiger partial charge in [0.1, 0.15) is 11.6 Å². The van der Waals surface area contributed by atoms with Gasteiger partial charge in [0.05, 0.1) is 0 Å². The molecule has 0 aliphatic carbocycles. The highest BCUT2D eigenvalue weighted by Gasteiger charge is 2.20. The average Bonchev–Trinajstić information content (AvgIpc) is 2.79. The molecular formula is C12H12FN3O2. The number of aromatic nitrogens is 3. The van der Waals surface area contributed by atoms with Crippen molar-refractivity contribution in [2.45, 2.75) is 13.8 Å². The fourth-order valence-corrected chi connectivity index (χ4v) is 1.35. The number of H-pyrrole nitrogens is 1. The largest absolute Gasteiger partial charge is 0.436 e. The fourth-order valence-electron chi connectivity index (χ4n) is 1.35. The summed E-state index contributed by atoms with van der Waals surface area (Å²) in [4.78, 5) is 11.8. The second-order valence-corrected chi connectivity index (χ2v) is 4.07. The number of nitrogens with one attached hydrogen (secondary N) is 1. The van der Waals surface area contributed by atoms with Crippen LogP contribution in [0.4, 0.5) is 4.39 Å². The number of halogens is 1. The first kappa shape index (κ1) is 12.2. The van der Waals surface area contributed by atoms with Crippen LogP contribution in [-0.2, 0) is 0 Å². The number of rotatable bonds is 4. The van der Waals surface area contributed by atoms with E-state index in [1.54, 1.807) is 13.8 Å². The zero-order valence-corrected chi connectivity index (χ0v) is 9.98. The third-order valence-electron chi connectivity index (χ3n) is 2.32. The second kappa shape index (κ2) is 4.95. The summed E-state index contributed by atoms with van der Waals surface area (Å²) < 4.78 is 18.1. The Morgan fingerprint density at radius 3 is 2.61 bits per heavy atom. The molecule has 0 bridgehead atoms. The predicted molar refractivity (Wildman–Crippen MR) is 62.0 cm³/mol. The molecule has 18 heavy (non-hydrogen) atoms. The van der Waals surface area contributed by atoms with Gasteiger partial charge in [-0.15, -0.1) is 0 Å². The van der Waals surface area contributed by atoms with Crippen LogP contribution in [0.1, 0.15) is 24.3 Å². The van der Waals surface area contributed by atoms with E-state index in [1.807, 2.05) is 0 Å². The molecule has 0 aliphatic heterocycles. The standard InChI is InChI=1S/C12H12FN3O2/c1-7(2)11(17)10-12(15-16-14-10)18-9-5-3-8(13)4-6-9/h3-7H,1-2H3,(H,14,15,16). The van der Waals surface area contributed by atoms with Crippen LogP contribution in [0.5, 0.6) is 11.6 Å². The Hall–Kier alpha value is -2.24. The zero-order valence-electron chi connectivity index (χ0n) is 9.98. The first-order chi connectivity index (χ1) is 8.58. The molecule has 1 heterocycles. The molecule has 0 spiro atoms. The van der Waals surface area contributed by atoms with Gasteiger partial charge < -0.3 is 4.74 Å². The Kier molecular flexibility index (Phi) is 3.36. The topological polar surface area (TPSA) is 67.9 Å². The number of ketones is 1. The minimum atomic E-state index is -0.360. The Balaban J connectivity index is 2.22. The zero-order chi connectivity index (χ0) is 13.1. The summed E-state index contributed by atoms with van der Waals surface area (Å²) in [5, 5.41) is 9.75. The van der Waals surface area contributed by atoms with Gasteiger partial charge in [-0.3, -0.25) is 9.89 Å². The molecule has 94 valence electrons.